The fourth-order valence-corrected chi connectivity index (χ4v) is 3.23. The van der Waals surface area contributed by atoms with Gasteiger partial charge in [0.25, 0.3) is 0 Å². The Morgan fingerprint density at radius 3 is 2.76 bits per heavy atom. The van der Waals surface area contributed by atoms with Gasteiger partial charge in [-0.05, 0) is 18.8 Å². The lowest BCUT2D eigenvalue weighted by Gasteiger charge is -2.32. The number of hydrogen-bond donors (Lipinski definition) is 2. The maximum atomic E-state index is 11.6. The van der Waals surface area contributed by atoms with Crippen LogP contribution in [-0.4, -0.2) is 45.1 Å². The first-order valence-corrected chi connectivity index (χ1v) is 7.18. The molecule has 21 heavy (non-hydrogen) atoms. The second-order valence-electron chi connectivity index (χ2n) is 5.72. The number of carbonyl (C=O) groups is 2. The van der Waals surface area contributed by atoms with Crippen molar-refractivity contribution >= 4 is 17.8 Å². The van der Waals surface area contributed by atoms with Crippen LogP contribution in [0.5, 0.6) is 0 Å². The number of rotatable bonds is 1. The van der Waals surface area contributed by atoms with Crippen LogP contribution in [0.1, 0.15) is 49.3 Å². The Kier molecular flexibility index (Phi) is 3.48. The molecule has 1 unspecified atom stereocenters. The van der Waals surface area contributed by atoms with Crippen LogP contribution in [-0.2, 0) is 4.79 Å². The van der Waals surface area contributed by atoms with Gasteiger partial charge in [-0.25, -0.2) is 14.8 Å². The molecule has 1 fully saturated rings. The van der Waals surface area contributed by atoms with Crippen LogP contribution in [0.3, 0.4) is 0 Å². The summed E-state index contributed by atoms with van der Waals surface area (Å²) in [5, 5.41) is 11.8. The molecule has 3 heterocycles. The minimum atomic E-state index is -0.862. The van der Waals surface area contributed by atoms with Gasteiger partial charge in [0, 0.05) is 31.0 Å². The highest BCUT2D eigenvalue weighted by atomic mass is 16.4. The molecule has 2 amide bonds. The highest BCUT2D eigenvalue weighted by Gasteiger charge is 2.31. The van der Waals surface area contributed by atoms with Gasteiger partial charge in [-0.2, -0.15) is 0 Å². The number of piperidine rings is 1. The topological polar surface area (TPSA) is 95.4 Å². The maximum absolute atomic E-state index is 11.6. The van der Waals surface area contributed by atoms with E-state index in [-0.39, 0.29) is 17.7 Å². The van der Waals surface area contributed by atoms with E-state index in [2.05, 4.69) is 15.3 Å². The van der Waals surface area contributed by atoms with Gasteiger partial charge in [0.2, 0.25) is 5.91 Å². The third-order valence-electron chi connectivity index (χ3n) is 4.31. The van der Waals surface area contributed by atoms with E-state index in [4.69, 9.17) is 5.11 Å². The molecular formula is C14H18N4O3. The van der Waals surface area contributed by atoms with Crippen LogP contribution >= 0.6 is 0 Å². The maximum Gasteiger partial charge on any atom is 0.407 e. The number of nitrogens with zero attached hydrogens (tertiary/aromatic N) is 3. The minimum absolute atomic E-state index is 0.0136. The van der Waals surface area contributed by atoms with Gasteiger partial charge in [-0.1, -0.05) is 6.92 Å². The van der Waals surface area contributed by atoms with Crippen LogP contribution in [0.2, 0.25) is 0 Å². The second-order valence-corrected chi connectivity index (χ2v) is 5.72. The SMILES string of the molecule is CC1CC(=O)Nc2ncnc(C3CCN(C(=O)O)CC3)c21. The first-order valence-electron chi connectivity index (χ1n) is 7.18. The van der Waals surface area contributed by atoms with Crippen molar-refractivity contribution in [2.24, 2.45) is 0 Å². The minimum Gasteiger partial charge on any atom is -0.465 e. The Hall–Kier alpha value is -2.18. The zero-order valence-corrected chi connectivity index (χ0v) is 11.9. The van der Waals surface area contributed by atoms with Crippen molar-refractivity contribution in [1.29, 1.82) is 0 Å². The van der Waals surface area contributed by atoms with Crippen LogP contribution in [0.4, 0.5) is 10.6 Å². The van der Waals surface area contributed by atoms with E-state index in [1.807, 2.05) is 6.92 Å². The van der Waals surface area contributed by atoms with Crippen molar-refractivity contribution in [2.45, 2.75) is 38.0 Å². The van der Waals surface area contributed by atoms with Crippen molar-refractivity contribution in [3.8, 4) is 0 Å². The number of amides is 2. The van der Waals surface area contributed by atoms with Crippen LogP contribution in [0.25, 0.3) is 0 Å². The molecule has 2 N–H and O–H groups in total. The smallest absolute Gasteiger partial charge is 0.407 e. The van der Waals surface area contributed by atoms with Crippen molar-refractivity contribution in [1.82, 2.24) is 14.9 Å². The normalized spacial score (nSPS) is 22.6. The summed E-state index contributed by atoms with van der Waals surface area (Å²) >= 11 is 0. The highest BCUT2D eigenvalue weighted by molar-refractivity contribution is 5.93. The molecule has 1 aromatic heterocycles. The van der Waals surface area contributed by atoms with Crippen LogP contribution < -0.4 is 5.32 Å². The number of aromatic nitrogens is 2. The first-order chi connectivity index (χ1) is 10.1. The van der Waals surface area contributed by atoms with Gasteiger partial charge < -0.3 is 15.3 Å². The summed E-state index contributed by atoms with van der Waals surface area (Å²) in [6.45, 7) is 3.07. The van der Waals surface area contributed by atoms with Crippen molar-refractivity contribution < 1.29 is 14.7 Å². The molecule has 0 aliphatic carbocycles. The Bertz CT molecular complexity index is 582. The van der Waals surface area contributed by atoms with Gasteiger partial charge in [-0.15, -0.1) is 0 Å². The quantitative estimate of drug-likeness (QED) is 0.822. The average Bonchev–Trinajstić information content (AvgIpc) is 2.46. The van der Waals surface area contributed by atoms with Gasteiger partial charge in [0.15, 0.2) is 0 Å². The standard InChI is InChI=1S/C14H18N4O3/c1-8-6-10(19)17-13-11(8)12(15-7-16-13)9-2-4-18(5-3-9)14(20)21/h7-9H,2-6H2,1H3,(H,20,21)(H,15,16,17,19). The lowest BCUT2D eigenvalue weighted by Crippen LogP contribution is -2.37. The van der Waals surface area contributed by atoms with E-state index >= 15 is 0 Å². The van der Waals surface area contributed by atoms with E-state index in [0.717, 1.165) is 24.1 Å². The van der Waals surface area contributed by atoms with E-state index < -0.39 is 6.09 Å². The monoisotopic (exact) mass is 290 g/mol. The molecular weight excluding hydrogens is 272 g/mol. The third-order valence-corrected chi connectivity index (χ3v) is 4.31. The average molecular weight is 290 g/mol. The summed E-state index contributed by atoms with van der Waals surface area (Å²) in [4.78, 5) is 32.6. The summed E-state index contributed by atoms with van der Waals surface area (Å²) < 4.78 is 0. The number of nitrogens with one attached hydrogen (secondary N) is 1. The van der Waals surface area contributed by atoms with Gasteiger partial charge in [0.05, 0.1) is 5.69 Å². The molecule has 0 radical (unpaired) electrons. The number of carbonyl (C=O) groups excluding carboxylic acids is 1. The van der Waals surface area contributed by atoms with Crippen LogP contribution in [0.15, 0.2) is 6.33 Å². The molecule has 3 rings (SSSR count). The lowest BCUT2D eigenvalue weighted by atomic mass is 9.84. The molecule has 1 atom stereocenters. The summed E-state index contributed by atoms with van der Waals surface area (Å²) in [7, 11) is 0. The molecule has 1 aromatic rings. The molecule has 112 valence electrons. The Morgan fingerprint density at radius 2 is 2.10 bits per heavy atom. The van der Waals surface area contributed by atoms with Crippen molar-refractivity contribution in [3.63, 3.8) is 0 Å². The predicted octanol–water partition coefficient (Wildman–Crippen LogP) is 1.78. The summed E-state index contributed by atoms with van der Waals surface area (Å²) in [6, 6.07) is 0. The highest BCUT2D eigenvalue weighted by Crippen LogP contribution is 2.38. The zero-order chi connectivity index (χ0) is 15.0. The molecule has 2 aliphatic rings. The van der Waals surface area contributed by atoms with E-state index in [1.54, 1.807) is 0 Å². The molecule has 0 saturated carbocycles. The molecule has 0 spiro atoms. The Labute approximate surface area is 122 Å². The number of fused-ring (bicyclic) bond motifs is 1. The van der Waals surface area contributed by atoms with Gasteiger partial charge in [0.1, 0.15) is 12.1 Å². The molecule has 0 bridgehead atoms. The third kappa shape index (κ3) is 2.55. The molecule has 0 aromatic carbocycles. The van der Waals surface area contributed by atoms with Crippen molar-refractivity contribution in [2.75, 3.05) is 18.4 Å². The Balaban J connectivity index is 1.86. The summed E-state index contributed by atoms with van der Waals surface area (Å²) in [6.07, 6.45) is 2.59. The molecule has 7 heteroatoms. The van der Waals surface area contributed by atoms with Crippen molar-refractivity contribution in [3.05, 3.63) is 17.6 Å². The molecule has 2 aliphatic heterocycles. The predicted molar refractivity (Wildman–Crippen MR) is 75.3 cm³/mol. The molecule has 1 saturated heterocycles. The fraction of sp³-hybridized carbons (Fsp3) is 0.571. The van der Waals surface area contributed by atoms with E-state index in [0.29, 0.717) is 25.3 Å². The molecule has 7 nitrogen and oxygen atoms in total. The van der Waals surface area contributed by atoms with Gasteiger partial charge in [-0.3, -0.25) is 4.79 Å². The lowest BCUT2D eigenvalue weighted by molar-refractivity contribution is -0.116. The number of carboxylic acid groups (broad SMARTS) is 1. The first kappa shape index (κ1) is 13.8. The number of hydrogen-bond acceptors (Lipinski definition) is 4. The van der Waals surface area contributed by atoms with E-state index in [1.165, 1.54) is 11.2 Å². The van der Waals surface area contributed by atoms with Gasteiger partial charge >= 0.3 is 6.09 Å². The van der Waals surface area contributed by atoms with Crippen LogP contribution in [0, 0.1) is 0 Å². The summed E-state index contributed by atoms with van der Waals surface area (Å²) in [5.41, 5.74) is 1.99. The Morgan fingerprint density at radius 1 is 1.38 bits per heavy atom. The van der Waals surface area contributed by atoms with E-state index in [9.17, 15) is 9.59 Å². The second kappa shape index (κ2) is 5.31. The fourth-order valence-electron chi connectivity index (χ4n) is 3.23. The number of anilines is 1. The largest absolute Gasteiger partial charge is 0.465 e. The summed E-state index contributed by atoms with van der Waals surface area (Å²) in [5.74, 6) is 0.932. The zero-order valence-electron chi connectivity index (χ0n) is 11.9. The number of likely N-dealkylation sites (tertiary alicyclic amines) is 1.